The van der Waals surface area contributed by atoms with Gasteiger partial charge in [-0.05, 0) is 20.8 Å². The van der Waals surface area contributed by atoms with Gasteiger partial charge in [0.05, 0.1) is 12.7 Å². The summed E-state index contributed by atoms with van der Waals surface area (Å²) >= 11 is 0. The largest absolute Gasteiger partial charge is 0.475 e. The average Bonchev–Trinajstić information content (AvgIpc) is 2.12. The van der Waals surface area contributed by atoms with E-state index in [1.54, 1.807) is 6.07 Å². The molecular formula is C10H17N3O2. The van der Waals surface area contributed by atoms with Crippen LogP contribution in [0.15, 0.2) is 6.07 Å². The molecule has 0 radical (unpaired) electrons. The van der Waals surface area contributed by atoms with Gasteiger partial charge in [-0.3, -0.25) is 0 Å². The van der Waals surface area contributed by atoms with Gasteiger partial charge in [0.2, 0.25) is 11.8 Å². The molecule has 0 fully saturated rings. The maximum Gasteiger partial charge on any atom is 0.226 e. The van der Waals surface area contributed by atoms with Crippen LogP contribution in [0, 0.1) is 6.92 Å². The minimum Gasteiger partial charge on any atom is -0.475 e. The Morgan fingerprint density at radius 1 is 1.47 bits per heavy atom. The molecule has 1 heterocycles. The number of ether oxygens (including phenoxy) is 1. The lowest BCUT2D eigenvalue weighted by molar-refractivity contribution is 0.232. The molecule has 15 heavy (non-hydrogen) atoms. The van der Waals surface area contributed by atoms with Gasteiger partial charge in [0.25, 0.3) is 0 Å². The second-order valence-corrected chi connectivity index (χ2v) is 3.49. The third-order valence-corrected chi connectivity index (χ3v) is 1.58. The predicted octanol–water partition coefficient (Wildman–Crippen LogP) is 0.976. The van der Waals surface area contributed by atoms with Crippen LogP contribution in [0.4, 0.5) is 5.95 Å². The lowest BCUT2D eigenvalue weighted by Gasteiger charge is -2.10. The number of rotatable bonds is 5. The Bertz CT molecular complexity index is 316. The van der Waals surface area contributed by atoms with E-state index < -0.39 is 0 Å². The third-order valence-electron chi connectivity index (χ3n) is 1.58. The lowest BCUT2D eigenvalue weighted by atomic mass is 10.4. The highest BCUT2D eigenvalue weighted by atomic mass is 16.5. The van der Waals surface area contributed by atoms with Crippen LogP contribution in [0.1, 0.15) is 19.5 Å². The number of aliphatic hydroxyl groups excluding tert-OH is 1. The van der Waals surface area contributed by atoms with Crippen molar-refractivity contribution in [2.24, 2.45) is 0 Å². The van der Waals surface area contributed by atoms with E-state index in [0.29, 0.717) is 18.4 Å². The van der Waals surface area contributed by atoms with Crippen LogP contribution in [0.2, 0.25) is 0 Å². The molecule has 5 heteroatoms. The number of aromatic nitrogens is 2. The van der Waals surface area contributed by atoms with E-state index in [1.165, 1.54) is 0 Å². The zero-order valence-electron chi connectivity index (χ0n) is 9.32. The molecule has 0 aliphatic rings. The van der Waals surface area contributed by atoms with Gasteiger partial charge in [-0.1, -0.05) is 0 Å². The van der Waals surface area contributed by atoms with Crippen molar-refractivity contribution in [3.05, 3.63) is 11.8 Å². The Balaban J connectivity index is 2.75. The van der Waals surface area contributed by atoms with E-state index >= 15 is 0 Å². The van der Waals surface area contributed by atoms with Crippen LogP contribution in [0.5, 0.6) is 5.88 Å². The van der Waals surface area contributed by atoms with Gasteiger partial charge < -0.3 is 15.2 Å². The Labute approximate surface area is 89.5 Å². The lowest BCUT2D eigenvalue weighted by Crippen LogP contribution is -2.12. The van der Waals surface area contributed by atoms with E-state index in [0.717, 1.165) is 5.69 Å². The summed E-state index contributed by atoms with van der Waals surface area (Å²) in [5.74, 6) is 1.04. The Morgan fingerprint density at radius 2 is 2.20 bits per heavy atom. The zero-order chi connectivity index (χ0) is 11.3. The fourth-order valence-electron chi connectivity index (χ4n) is 1.09. The summed E-state index contributed by atoms with van der Waals surface area (Å²) in [5, 5.41) is 11.6. The number of nitrogens with zero attached hydrogens (tertiary/aromatic N) is 2. The quantitative estimate of drug-likeness (QED) is 0.759. The monoisotopic (exact) mass is 211 g/mol. The van der Waals surface area contributed by atoms with Crippen LogP contribution in [0.25, 0.3) is 0 Å². The zero-order valence-corrected chi connectivity index (χ0v) is 9.32. The van der Waals surface area contributed by atoms with Gasteiger partial charge in [-0.2, -0.15) is 4.98 Å². The summed E-state index contributed by atoms with van der Waals surface area (Å²) in [4.78, 5) is 8.32. The van der Waals surface area contributed by atoms with Crippen molar-refractivity contribution in [3.63, 3.8) is 0 Å². The Morgan fingerprint density at radius 3 is 2.80 bits per heavy atom. The first kappa shape index (κ1) is 11.7. The van der Waals surface area contributed by atoms with Crippen molar-refractivity contribution in [1.29, 1.82) is 0 Å². The first-order valence-corrected chi connectivity index (χ1v) is 4.99. The Hall–Kier alpha value is -1.36. The number of anilines is 1. The summed E-state index contributed by atoms with van der Waals surface area (Å²) in [7, 11) is 0. The average molecular weight is 211 g/mol. The number of hydrogen-bond donors (Lipinski definition) is 2. The second kappa shape index (κ2) is 5.50. The topological polar surface area (TPSA) is 67.3 Å². The molecule has 2 N–H and O–H groups in total. The van der Waals surface area contributed by atoms with Gasteiger partial charge in [0.1, 0.15) is 0 Å². The summed E-state index contributed by atoms with van der Waals surface area (Å²) in [6.45, 7) is 6.25. The normalized spacial score (nSPS) is 10.5. The summed E-state index contributed by atoms with van der Waals surface area (Å²) in [6.07, 6.45) is 0.0880. The second-order valence-electron chi connectivity index (χ2n) is 3.49. The van der Waals surface area contributed by atoms with Crippen molar-refractivity contribution in [1.82, 2.24) is 9.97 Å². The molecule has 0 aliphatic carbocycles. The van der Waals surface area contributed by atoms with E-state index in [9.17, 15) is 0 Å². The number of nitrogens with one attached hydrogen (secondary N) is 1. The fourth-order valence-corrected chi connectivity index (χ4v) is 1.09. The predicted molar refractivity (Wildman–Crippen MR) is 58.1 cm³/mol. The fraction of sp³-hybridized carbons (Fsp3) is 0.600. The highest BCUT2D eigenvalue weighted by Gasteiger charge is 2.04. The highest BCUT2D eigenvalue weighted by Crippen LogP contribution is 2.13. The summed E-state index contributed by atoms with van der Waals surface area (Å²) in [6, 6.07) is 1.78. The van der Waals surface area contributed by atoms with Crippen LogP contribution >= 0.6 is 0 Å². The minimum absolute atomic E-state index is 0.0532. The SMILES string of the molecule is Cc1cc(OC(C)C)nc(NCCO)n1. The van der Waals surface area contributed by atoms with E-state index in [2.05, 4.69) is 15.3 Å². The van der Waals surface area contributed by atoms with Crippen molar-refractivity contribution >= 4 is 5.95 Å². The van der Waals surface area contributed by atoms with Crippen molar-refractivity contribution in [2.45, 2.75) is 26.9 Å². The number of hydrogen-bond acceptors (Lipinski definition) is 5. The number of aryl methyl sites for hydroxylation is 1. The standard InChI is InChI=1S/C10H17N3O2/c1-7(2)15-9-6-8(3)12-10(13-9)11-4-5-14/h6-7,14H,4-5H2,1-3H3,(H,11,12,13). The molecule has 0 bridgehead atoms. The van der Waals surface area contributed by atoms with Crippen molar-refractivity contribution in [2.75, 3.05) is 18.5 Å². The molecule has 0 aromatic carbocycles. The van der Waals surface area contributed by atoms with Gasteiger partial charge in [0, 0.05) is 18.3 Å². The summed E-state index contributed by atoms with van der Waals surface area (Å²) < 4.78 is 5.46. The van der Waals surface area contributed by atoms with Gasteiger partial charge in [-0.25, -0.2) is 4.98 Å². The maximum absolute atomic E-state index is 8.66. The van der Waals surface area contributed by atoms with E-state index in [4.69, 9.17) is 9.84 Å². The molecule has 0 unspecified atom stereocenters. The van der Waals surface area contributed by atoms with Gasteiger partial charge in [-0.15, -0.1) is 0 Å². The first-order chi connectivity index (χ1) is 7.11. The van der Waals surface area contributed by atoms with E-state index in [1.807, 2.05) is 20.8 Å². The Kier molecular flexibility index (Phi) is 4.30. The smallest absolute Gasteiger partial charge is 0.226 e. The molecule has 5 nitrogen and oxygen atoms in total. The molecular weight excluding hydrogens is 194 g/mol. The first-order valence-electron chi connectivity index (χ1n) is 4.99. The van der Waals surface area contributed by atoms with Crippen molar-refractivity contribution in [3.8, 4) is 5.88 Å². The molecule has 0 atom stereocenters. The van der Waals surface area contributed by atoms with Crippen LogP contribution < -0.4 is 10.1 Å². The maximum atomic E-state index is 8.66. The molecule has 1 rings (SSSR count). The minimum atomic E-state index is 0.0532. The van der Waals surface area contributed by atoms with E-state index in [-0.39, 0.29) is 12.7 Å². The van der Waals surface area contributed by atoms with Crippen LogP contribution in [-0.2, 0) is 0 Å². The molecule has 1 aromatic rings. The molecule has 0 amide bonds. The third kappa shape index (κ3) is 4.12. The van der Waals surface area contributed by atoms with Crippen molar-refractivity contribution < 1.29 is 9.84 Å². The molecule has 1 aromatic heterocycles. The summed E-state index contributed by atoms with van der Waals surface area (Å²) in [5.41, 5.74) is 0.834. The van der Waals surface area contributed by atoms with Gasteiger partial charge >= 0.3 is 0 Å². The van der Waals surface area contributed by atoms with Crippen LogP contribution in [-0.4, -0.2) is 34.3 Å². The van der Waals surface area contributed by atoms with Crippen LogP contribution in [0.3, 0.4) is 0 Å². The van der Waals surface area contributed by atoms with Gasteiger partial charge in [0.15, 0.2) is 0 Å². The number of aliphatic hydroxyl groups is 1. The molecule has 0 spiro atoms. The molecule has 0 saturated carbocycles. The molecule has 0 saturated heterocycles. The molecule has 84 valence electrons. The molecule has 0 aliphatic heterocycles. The highest BCUT2D eigenvalue weighted by molar-refractivity contribution is 5.30.